The molecular weight excluding hydrogens is 338 g/mol. The van der Waals surface area contributed by atoms with E-state index in [4.69, 9.17) is 14.2 Å². The Hall–Kier alpha value is -1.27. The first kappa shape index (κ1) is 16.1. The minimum absolute atomic E-state index is 0.322. The van der Waals surface area contributed by atoms with Gasteiger partial charge in [-0.15, -0.1) is 0 Å². The fourth-order valence-corrected chi connectivity index (χ4v) is 2.71. The third-order valence-corrected chi connectivity index (χ3v) is 3.78. The highest BCUT2D eigenvalue weighted by molar-refractivity contribution is 9.10. The number of rotatable bonds is 7. The summed E-state index contributed by atoms with van der Waals surface area (Å²) in [5.41, 5.74) is 1.09. The van der Waals surface area contributed by atoms with E-state index in [0.717, 1.165) is 29.5 Å². The van der Waals surface area contributed by atoms with Gasteiger partial charge in [0.1, 0.15) is 0 Å². The van der Waals surface area contributed by atoms with Crippen LogP contribution in [0.15, 0.2) is 16.6 Å². The first-order valence-electron chi connectivity index (χ1n) is 7.06. The van der Waals surface area contributed by atoms with Crippen LogP contribution in [0.25, 0.3) is 0 Å². The predicted molar refractivity (Wildman–Crippen MR) is 82.7 cm³/mol. The van der Waals surface area contributed by atoms with E-state index in [-0.39, 0.29) is 5.97 Å². The molecule has 1 aliphatic rings. The average Bonchev–Trinajstić information content (AvgIpc) is 2.87. The molecule has 0 amide bonds. The number of esters is 1. The Kier molecular flexibility index (Phi) is 5.87. The molecule has 1 aromatic carbocycles. The van der Waals surface area contributed by atoms with Crippen molar-refractivity contribution in [1.29, 1.82) is 0 Å². The highest BCUT2D eigenvalue weighted by Gasteiger charge is 2.30. The third-order valence-electron chi connectivity index (χ3n) is 3.19. The Balaban J connectivity index is 2.14. The van der Waals surface area contributed by atoms with Gasteiger partial charge in [0, 0.05) is 13.0 Å². The van der Waals surface area contributed by atoms with Crippen LogP contribution in [0.3, 0.4) is 0 Å². The second-order valence-electron chi connectivity index (χ2n) is 4.85. The number of hydrogen-bond acceptors (Lipinski definition) is 5. The molecule has 0 spiro atoms. The second kappa shape index (κ2) is 7.66. The minimum Gasteiger partial charge on any atom is -0.493 e. The van der Waals surface area contributed by atoms with E-state index < -0.39 is 6.10 Å². The van der Waals surface area contributed by atoms with E-state index in [1.54, 1.807) is 7.11 Å². The molecule has 116 valence electrons. The van der Waals surface area contributed by atoms with Crippen LogP contribution in [0.2, 0.25) is 0 Å². The van der Waals surface area contributed by atoms with Crippen LogP contribution < -0.4 is 14.8 Å². The minimum atomic E-state index is -0.556. The van der Waals surface area contributed by atoms with Crippen molar-refractivity contribution in [3.63, 3.8) is 0 Å². The first-order valence-corrected chi connectivity index (χ1v) is 7.85. The molecule has 0 saturated carbocycles. The van der Waals surface area contributed by atoms with Gasteiger partial charge in [0.25, 0.3) is 0 Å². The zero-order valence-corrected chi connectivity index (χ0v) is 13.9. The number of benzene rings is 1. The summed E-state index contributed by atoms with van der Waals surface area (Å²) >= 11 is 3.49. The third kappa shape index (κ3) is 4.11. The number of carbonyl (C=O) groups excluding carboxylic acids is 1. The van der Waals surface area contributed by atoms with Gasteiger partial charge in [0.05, 0.1) is 18.2 Å². The molecule has 1 aromatic rings. The number of cyclic esters (lactones) is 1. The molecule has 1 fully saturated rings. The van der Waals surface area contributed by atoms with E-state index in [9.17, 15) is 4.79 Å². The molecule has 1 saturated heterocycles. The molecule has 5 nitrogen and oxygen atoms in total. The van der Waals surface area contributed by atoms with Crippen LogP contribution in [-0.4, -0.2) is 32.3 Å². The van der Waals surface area contributed by atoms with Gasteiger partial charge in [0.2, 0.25) is 0 Å². The summed E-state index contributed by atoms with van der Waals surface area (Å²) in [6, 6.07) is 3.89. The van der Waals surface area contributed by atoms with Crippen LogP contribution in [0, 0.1) is 0 Å². The fourth-order valence-electron chi connectivity index (χ4n) is 2.13. The van der Waals surface area contributed by atoms with Crippen molar-refractivity contribution in [2.45, 2.75) is 32.4 Å². The van der Waals surface area contributed by atoms with E-state index >= 15 is 0 Å². The highest BCUT2D eigenvalue weighted by Crippen LogP contribution is 2.38. The SMILES string of the molecule is CCCNCc1cc(Br)c(OC2CCOC2=O)c(OC)c1. The zero-order chi connectivity index (χ0) is 15.2. The Morgan fingerprint density at radius 3 is 2.90 bits per heavy atom. The molecule has 0 aromatic heterocycles. The van der Waals surface area contributed by atoms with Crippen molar-refractivity contribution in [2.24, 2.45) is 0 Å². The lowest BCUT2D eigenvalue weighted by atomic mass is 10.2. The molecule has 6 heteroatoms. The topological polar surface area (TPSA) is 56.8 Å². The van der Waals surface area contributed by atoms with Gasteiger partial charge in [0.15, 0.2) is 17.6 Å². The first-order chi connectivity index (χ1) is 10.2. The van der Waals surface area contributed by atoms with Gasteiger partial charge in [-0.3, -0.25) is 0 Å². The number of ether oxygens (including phenoxy) is 3. The molecule has 1 unspecified atom stereocenters. The normalized spacial score (nSPS) is 17.7. The zero-order valence-electron chi connectivity index (χ0n) is 12.3. The van der Waals surface area contributed by atoms with Crippen LogP contribution >= 0.6 is 15.9 Å². The second-order valence-corrected chi connectivity index (χ2v) is 5.70. The Bertz CT molecular complexity index is 507. The van der Waals surface area contributed by atoms with Crippen LogP contribution in [-0.2, 0) is 16.1 Å². The Morgan fingerprint density at radius 1 is 1.48 bits per heavy atom. The largest absolute Gasteiger partial charge is 0.493 e. The molecule has 2 rings (SSSR count). The summed E-state index contributed by atoms with van der Waals surface area (Å²) in [6.07, 6.45) is 1.09. The molecule has 0 bridgehead atoms. The maximum Gasteiger partial charge on any atom is 0.347 e. The summed E-state index contributed by atoms with van der Waals surface area (Å²) in [7, 11) is 1.59. The smallest absolute Gasteiger partial charge is 0.347 e. The van der Waals surface area contributed by atoms with Crippen molar-refractivity contribution in [2.75, 3.05) is 20.3 Å². The summed E-state index contributed by atoms with van der Waals surface area (Å²) in [6.45, 7) is 4.25. The fraction of sp³-hybridized carbons (Fsp3) is 0.533. The van der Waals surface area contributed by atoms with Crippen molar-refractivity contribution in [3.05, 3.63) is 22.2 Å². The number of carbonyl (C=O) groups is 1. The van der Waals surface area contributed by atoms with E-state index in [0.29, 0.717) is 24.5 Å². The number of halogens is 1. The Labute approximate surface area is 133 Å². The molecule has 0 radical (unpaired) electrons. The van der Waals surface area contributed by atoms with Crippen LogP contribution in [0.4, 0.5) is 0 Å². The van der Waals surface area contributed by atoms with E-state index in [2.05, 4.69) is 28.2 Å². The summed E-state index contributed by atoms with van der Waals surface area (Å²) in [5, 5.41) is 3.34. The standard InChI is InChI=1S/C15H20BrNO4/c1-3-5-17-9-10-7-11(16)14(13(8-10)19-2)21-12-4-6-20-15(12)18/h7-8,12,17H,3-6,9H2,1-2H3. The summed E-state index contributed by atoms with van der Waals surface area (Å²) < 4.78 is 16.8. The van der Waals surface area contributed by atoms with Gasteiger partial charge >= 0.3 is 5.97 Å². The molecular formula is C15H20BrNO4. The predicted octanol–water partition coefficient (Wildman–Crippen LogP) is 2.65. The summed E-state index contributed by atoms with van der Waals surface area (Å²) in [4.78, 5) is 11.5. The van der Waals surface area contributed by atoms with Gasteiger partial charge < -0.3 is 19.5 Å². The molecule has 0 aliphatic carbocycles. The lowest BCUT2D eigenvalue weighted by molar-refractivity contribution is -0.143. The van der Waals surface area contributed by atoms with Crippen molar-refractivity contribution in [1.82, 2.24) is 5.32 Å². The molecule has 1 heterocycles. The van der Waals surface area contributed by atoms with Crippen LogP contribution in [0.1, 0.15) is 25.3 Å². The number of nitrogens with one attached hydrogen (secondary N) is 1. The van der Waals surface area contributed by atoms with Gasteiger partial charge in [-0.05, 0) is 46.6 Å². The maximum atomic E-state index is 11.5. The quantitative estimate of drug-likeness (QED) is 0.600. The molecule has 21 heavy (non-hydrogen) atoms. The monoisotopic (exact) mass is 357 g/mol. The van der Waals surface area contributed by atoms with Gasteiger partial charge in [-0.2, -0.15) is 0 Å². The van der Waals surface area contributed by atoms with Crippen molar-refractivity contribution >= 4 is 21.9 Å². The van der Waals surface area contributed by atoms with Crippen molar-refractivity contribution in [3.8, 4) is 11.5 Å². The number of hydrogen-bond donors (Lipinski definition) is 1. The highest BCUT2D eigenvalue weighted by atomic mass is 79.9. The summed E-state index contributed by atoms with van der Waals surface area (Å²) in [5.74, 6) is 0.829. The Morgan fingerprint density at radius 2 is 2.29 bits per heavy atom. The van der Waals surface area contributed by atoms with Crippen LogP contribution in [0.5, 0.6) is 11.5 Å². The maximum absolute atomic E-state index is 11.5. The van der Waals surface area contributed by atoms with E-state index in [1.165, 1.54) is 0 Å². The molecule has 1 N–H and O–H groups in total. The molecule has 1 atom stereocenters. The lowest BCUT2D eigenvalue weighted by Crippen LogP contribution is -2.22. The van der Waals surface area contributed by atoms with Gasteiger partial charge in [-0.25, -0.2) is 4.79 Å². The number of methoxy groups -OCH3 is 1. The molecule has 1 aliphatic heterocycles. The average molecular weight is 358 g/mol. The lowest BCUT2D eigenvalue weighted by Gasteiger charge is -2.16. The van der Waals surface area contributed by atoms with Crippen molar-refractivity contribution < 1.29 is 19.0 Å². The van der Waals surface area contributed by atoms with Gasteiger partial charge in [-0.1, -0.05) is 6.92 Å². The van der Waals surface area contributed by atoms with E-state index in [1.807, 2.05) is 12.1 Å².